The molecule has 154 valence electrons. The van der Waals surface area contributed by atoms with E-state index in [-0.39, 0.29) is 13.2 Å². The Morgan fingerprint density at radius 3 is 2.11 bits per heavy atom. The molecular formula is C19H24O9. The molecule has 1 aromatic rings. The highest BCUT2D eigenvalue weighted by atomic mass is 16.7. The lowest BCUT2D eigenvalue weighted by Gasteiger charge is -2.43. The van der Waals surface area contributed by atoms with Gasteiger partial charge in [-0.25, -0.2) is 0 Å². The van der Waals surface area contributed by atoms with Crippen molar-refractivity contribution >= 4 is 17.9 Å². The second-order valence-corrected chi connectivity index (χ2v) is 6.28. The molecule has 28 heavy (non-hydrogen) atoms. The maximum Gasteiger partial charge on any atom is 0.303 e. The highest BCUT2D eigenvalue weighted by Crippen LogP contribution is 2.28. The van der Waals surface area contributed by atoms with Crippen molar-refractivity contribution < 1.29 is 43.2 Å². The van der Waals surface area contributed by atoms with Gasteiger partial charge in [0.15, 0.2) is 18.5 Å². The Labute approximate surface area is 162 Å². The molecule has 1 aliphatic heterocycles. The third kappa shape index (κ3) is 6.29. The van der Waals surface area contributed by atoms with Crippen molar-refractivity contribution in [2.45, 2.75) is 58.1 Å². The Bertz CT molecular complexity index is 675. The summed E-state index contributed by atoms with van der Waals surface area (Å²) >= 11 is 0. The second kappa shape index (κ2) is 10.2. The van der Waals surface area contributed by atoms with Crippen molar-refractivity contribution in [1.29, 1.82) is 0 Å². The van der Waals surface area contributed by atoms with Gasteiger partial charge in [-0.3, -0.25) is 14.4 Å². The van der Waals surface area contributed by atoms with Gasteiger partial charge in [-0.15, -0.1) is 0 Å². The minimum atomic E-state index is -1.50. The van der Waals surface area contributed by atoms with Crippen LogP contribution in [0.1, 0.15) is 26.3 Å². The molecule has 1 fully saturated rings. The van der Waals surface area contributed by atoms with Crippen LogP contribution in [-0.2, 0) is 44.7 Å². The molecule has 1 N–H and O–H groups in total. The number of rotatable bonds is 7. The third-order valence-electron chi connectivity index (χ3n) is 3.95. The Hall–Kier alpha value is -2.49. The average Bonchev–Trinajstić information content (AvgIpc) is 2.62. The standard InChI is InChI=1S/C19H24O9/c1-11(20)24-10-15-16(26-12(2)21)17(27-13(3)22)18(19(23)28-15)25-9-14-7-5-4-6-8-14/h4-8,15-19,23H,9-10H2,1-3H3/t15-,16+,17-,18-,19?/m0/s1. The fourth-order valence-corrected chi connectivity index (χ4v) is 2.83. The molecule has 1 aromatic carbocycles. The van der Waals surface area contributed by atoms with E-state index in [0.29, 0.717) is 0 Å². The van der Waals surface area contributed by atoms with E-state index in [9.17, 15) is 19.5 Å². The van der Waals surface area contributed by atoms with E-state index >= 15 is 0 Å². The Balaban J connectivity index is 2.22. The van der Waals surface area contributed by atoms with Crippen molar-refractivity contribution in [2.75, 3.05) is 6.61 Å². The van der Waals surface area contributed by atoms with Crippen LogP contribution in [0, 0.1) is 0 Å². The van der Waals surface area contributed by atoms with Crippen LogP contribution in [0.5, 0.6) is 0 Å². The summed E-state index contributed by atoms with van der Waals surface area (Å²) in [6.07, 6.45) is -5.95. The van der Waals surface area contributed by atoms with Gasteiger partial charge in [-0.2, -0.15) is 0 Å². The molecule has 9 heteroatoms. The van der Waals surface area contributed by atoms with Crippen LogP contribution in [0.4, 0.5) is 0 Å². The highest BCUT2D eigenvalue weighted by Gasteiger charge is 2.50. The molecule has 5 atom stereocenters. The first-order valence-electron chi connectivity index (χ1n) is 8.74. The van der Waals surface area contributed by atoms with Gasteiger partial charge in [0.05, 0.1) is 6.61 Å². The predicted octanol–water partition coefficient (Wildman–Crippen LogP) is 0.715. The minimum Gasteiger partial charge on any atom is -0.463 e. The lowest BCUT2D eigenvalue weighted by Crippen LogP contribution is -2.62. The molecule has 2 rings (SSSR count). The maximum absolute atomic E-state index is 11.6. The summed E-state index contributed by atoms with van der Waals surface area (Å²) in [6.45, 7) is 3.37. The van der Waals surface area contributed by atoms with Crippen LogP contribution in [-0.4, -0.2) is 60.3 Å². The van der Waals surface area contributed by atoms with Crippen LogP contribution in [0.2, 0.25) is 0 Å². The molecule has 1 heterocycles. The molecule has 0 spiro atoms. The van der Waals surface area contributed by atoms with E-state index in [4.69, 9.17) is 23.7 Å². The first-order chi connectivity index (χ1) is 13.3. The van der Waals surface area contributed by atoms with Gasteiger partial charge in [0.1, 0.15) is 18.8 Å². The van der Waals surface area contributed by atoms with Crippen molar-refractivity contribution in [3.63, 3.8) is 0 Å². The molecule has 0 amide bonds. The van der Waals surface area contributed by atoms with E-state index in [0.717, 1.165) is 5.56 Å². The van der Waals surface area contributed by atoms with Crippen molar-refractivity contribution in [1.82, 2.24) is 0 Å². The summed E-state index contributed by atoms with van der Waals surface area (Å²) < 4.78 is 26.6. The van der Waals surface area contributed by atoms with E-state index in [1.807, 2.05) is 30.3 Å². The molecule has 1 saturated heterocycles. The van der Waals surface area contributed by atoms with Gasteiger partial charge < -0.3 is 28.8 Å². The van der Waals surface area contributed by atoms with Crippen LogP contribution in [0.15, 0.2) is 30.3 Å². The van der Waals surface area contributed by atoms with Crippen molar-refractivity contribution in [3.8, 4) is 0 Å². The predicted molar refractivity (Wildman–Crippen MR) is 93.6 cm³/mol. The number of aliphatic hydroxyl groups excluding tert-OH is 1. The number of esters is 3. The zero-order valence-electron chi connectivity index (χ0n) is 15.9. The van der Waals surface area contributed by atoms with E-state index < -0.39 is 48.6 Å². The smallest absolute Gasteiger partial charge is 0.303 e. The number of hydrogen-bond acceptors (Lipinski definition) is 9. The number of carbonyl (C=O) groups is 3. The van der Waals surface area contributed by atoms with Crippen LogP contribution in [0.25, 0.3) is 0 Å². The zero-order valence-corrected chi connectivity index (χ0v) is 15.9. The molecule has 0 aliphatic carbocycles. The molecule has 9 nitrogen and oxygen atoms in total. The number of aliphatic hydroxyl groups is 1. The monoisotopic (exact) mass is 396 g/mol. The third-order valence-corrected chi connectivity index (χ3v) is 3.95. The SMILES string of the molecule is CC(=O)OC[C@@H]1OC(O)[C@@H](OCc2ccccc2)[C@@H](OC(C)=O)[C@@H]1OC(C)=O. The zero-order chi connectivity index (χ0) is 20.7. The summed E-state index contributed by atoms with van der Waals surface area (Å²) in [7, 11) is 0. The number of benzene rings is 1. The number of carbonyl (C=O) groups excluding carboxylic acids is 3. The molecule has 1 aliphatic rings. The average molecular weight is 396 g/mol. The van der Waals surface area contributed by atoms with Crippen LogP contribution >= 0.6 is 0 Å². The Morgan fingerprint density at radius 1 is 0.929 bits per heavy atom. The minimum absolute atomic E-state index is 0.102. The van der Waals surface area contributed by atoms with Gasteiger partial charge in [-0.1, -0.05) is 30.3 Å². The first kappa shape index (κ1) is 21.8. The summed E-state index contributed by atoms with van der Waals surface area (Å²) in [5.41, 5.74) is 0.822. The highest BCUT2D eigenvalue weighted by molar-refractivity contribution is 5.67. The topological polar surface area (TPSA) is 118 Å². The first-order valence-corrected chi connectivity index (χ1v) is 8.74. The van der Waals surface area contributed by atoms with Crippen molar-refractivity contribution in [3.05, 3.63) is 35.9 Å². The summed E-state index contributed by atoms with van der Waals surface area (Å²) in [6, 6.07) is 9.15. The largest absolute Gasteiger partial charge is 0.463 e. The van der Waals surface area contributed by atoms with Gasteiger partial charge in [0.2, 0.25) is 0 Å². The summed E-state index contributed by atoms with van der Waals surface area (Å²) in [5.74, 6) is -1.89. The molecule has 1 unspecified atom stereocenters. The quantitative estimate of drug-likeness (QED) is 0.525. The molecule has 0 saturated carbocycles. The van der Waals surface area contributed by atoms with Gasteiger partial charge in [0, 0.05) is 20.8 Å². The Kier molecular flexibility index (Phi) is 7.91. The lowest BCUT2D eigenvalue weighted by atomic mass is 9.98. The number of ether oxygens (including phenoxy) is 5. The lowest BCUT2D eigenvalue weighted by molar-refractivity contribution is -0.303. The van der Waals surface area contributed by atoms with Gasteiger partial charge in [0.25, 0.3) is 0 Å². The maximum atomic E-state index is 11.6. The molecule has 0 radical (unpaired) electrons. The van der Waals surface area contributed by atoms with Crippen LogP contribution in [0.3, 0.4) is 0 Å². The second-order valence-electron chi connectivity index (χ2n) is 6.28. The summed E-state index contributed by atoms with van der Waals surface area (Å²) in [4.78, 5) is 34.3. The number of hydrogen-bond donors (Lipinski definition) is 1. The van der Waals surface area contributed by atoms with E-state index in [1.54, 1.807) is 0 Å². The summed E-state index contributed by atoms with van der Waals surface area (Å²) in [5, 5.41) is 10.4. The molecule has 0 bridgehead atoms. The normalized spacial score (nSPS) is 26.9. The van der Waals surface area contributed by atoms with E-state index in [1.165, 1.54) is 20.8 Å². The van der Waals surface area contributed by atoms with Gasteiger partial charge >= 0.3 is 17.9 Å². The Morgan fingerprint density at radius 2 is 1.54 bits per heavy atom. The molecule has 0 aromatic heterocycles. The fraction of sp³-hybridized carbons (Fsp3) is 0.526. The van der Waals surface area contributed by atoms with Crippen molar-refractivity contribution in [2.24, 2.45) is 0 Å². The van der Waals surface area contributed by atoms with E-state index in [2.05, 4.69) is 0 Å². The molecular weight excluding hydrogens is 372 g/mol. The van der Waals surface area contributed by atoms with Gasteiger partial charge in [-0.05, 0) is 5.56 Å². The van der Waals surface area contributed by atoms with Crippen LogP contribution < -0.4 is 0 Å². The fourth-order valence-electron chi connectivity index (χ4n) is 2.83.